The number of methoxy groups -OCH3 is 2. The Labute approximate surface area is 227 Å². The van der Waals surface area contributed by atoms with E-state index in [0.717, 1.165) is 5.56 Å². The first-order valence-corrected chi connectivity index (χ1v) is 13.5. The fourth-order valence-electron chi connectivity index (χ4n) is 4.37. The summed E-state index contributed by atoms with van der Waals surface area (Å²) in [5, 5.41) is 21.1. The van der Waals surface area contributed by atoms with E-state index in [9.17, 15) is 23.1 Å². The van der Waals surface area contributed by atoms with E-state index in [1.54, 1.807) is 42.5 Å². The van der Waals surface area contributed by atoms with Crippen LogP contribution in [0.15, 0.2) is 58.6 Å². The van der Waals surface area contributed by atoms with Crippen LogP contribution < -0.4 is 15.2 Å². The van der Waals surface area contributed by atoms with Crippen LogP contribution in [0, 0.1) is 0 Å². The molecule has 0 aliphatic carbocycles. The summed E-state index contributed by atoms with van der Waals surface area (Å²) >= 11 is 0. The summed E-state index contributed by atoms with van der Waals surface area (Å²) in [7, 11) is -1.09. The number of nitrogens with zero attached hydrogens (tertiary/aromatic N) is 3. The van der Waals surface area contributed by atoms with Crippen molar-refractivity contribution in [3.05, 3.63) is 59.7 Å². The van der Waals surface area contributed by atoms with Crippen molar-refractivity contribution in [3.8, 4) is 11.5 Å². The molecule has 13 heteroatoms. The van der Waals surface area contributed by atoms with E-state index in [1.807, 2.05) is 0 Å². The number of benzene rings is 2. The number of amides is 1. The second-order valence-corrected chi connectivity index (χ2v) is 10.7. The number of aliphatic carboxylic acids is 1. The molecule has 0 atom stereocenters. The Morgan fingerprint density at radius 1 is 1.15 bits per heavy atom. The molecular formula is C26H32N4O8S. The number of hydrogen-bond acceptors (Lipinski definition) is 8. The van der Waals surface area contributed by atoms with Crippen LogP contribution in [-0.2, 0) is 19.6 Å². The lowest BCUT2D eigenvalue weighted by atomic mass is 10.0. The number of carboxylic acid groups (broad SMARTS) is 1. The first-order valence-electron chi connectivity index (χ1n) is 12.1. The molecule has 0 spiro atoms. The van der Waals surface area contributed by atoms with Gasteiger partial charge in [0.2, 0.25) is 15.9 Å². The molecule has 0 aromatic heterocycles. The van der Waals surface area contributed by atoms with E-state index < -0.39 is 28.3 Å². The molecule has 1 saturated heterocycles. The van der Waals surface area contributed by atoms with Gasteiger partial charge in [0.25, 0.3) is 0 Å². The SMILES string of the molecule is COc1ccc(OC)c(S(=O)(=O)N2CCC(N(C/C=C/c3cccc(/C(N)=N\O)c3)C(=O)CC(=O)O)CC2)c1. The molecule has 1 heterocycles. The van der Waals surface area contributed by atoms with Gasteiger partial charge in [0.1, 0.15) is 22.8 Å². The monoisotopic (exact) mass is 560 g/mol. The van der Waals surface area contributed by atoms with Crippen molar-refractivity contribution in [3.63, 3.8) is 0 Å². The number of carbonyl (C=O) groups excluding carboxylic acids is 1. The fourth-order valence-corrected chi connectivity index (χ4v) is 6.01. The Hall–Kier alpha value is -4.10. The van der Waals surface area contributed by atoms with Crippen LogP contribution in [0.4, 0.5) is 0 Å². The number of ether oxygens (including phenoxy) is 2. The molecule has 0 radical (unpaired) electrons. The predicted octanol–water partition coefficient (Wildman–Crippen LogP) is 1.97. The maximum absolute atomic E-state index is 13.4. The number of rotatable bonds is 11. The molecule has 0 bridgehead atoms. The molecule has 0 unspecified atom stereocenters. The number of sulfonamides is 1. The van der Waals surface area contributed by atoms with Crippen LogP contribution in [0.5, 0.6) is 11.5 Å². The Balaban J connectivity index is 1.76. The zero-order chi connectivity index (χ0) is 28.6. The van der Waals surface area contributed by atoms with Gasteiger partial charge < -0.3 is 30.4 Å². The first kappa shape index (κ1) is 29.5. The maximum atomic E-state index is 13.4. The molecule has 1 amide bonds. The second kappa shape index (κ2) is 13.1. The lowest BCUT2D eigenvalue weighted by Crippen LogP contribution is -2.49. The molecule has 2 aromatic carbocycles. The number of piperidine rings is 1. The largest absolute Gasteiger partial charge is 0.497 e. The van der Waals surface area contributed by atoms with Crippen molar-refractivity contribution < 1.29 is 37.8 Å². The van der Waals surface area contributed by atoms with Crippen LogP contribution in [0.3, 0.4) is 0 Å². The van der Waals surface area contributed by atoms with Gasteiger partial charge in [-0.3, -0.25) is 9.59 Å². The quantitative estimate of drug-likeness (QED) is 0.122. The van der Waals surface area contributed by atoms with Crippen molar-refractivity contribution in [1.82, 2.24) is 9.21 Å². The molecule has 0 saturated carbocycles. The topological polar surface area (TPSA) is 172 Å². The summed E-state index contributed by atoms with van der Waals surface area (Å²) in [4.78, 5) is 25.5. The Bertz CT molecular complexity index is 1350. The van der Waals surface area contributed by atoms with E-state index in [4.69, 9.17) is 20.4 Å². The number of carboxylic acids is 1. The molecule has 2 aromatic rings. The lowest BCUT2D eigenvalue weighted by molar-refractivity contribution is -0.145. The normalized spacial score (nSPS) is 15.3. The molecule has 210 valence electrons. The van der Waals surface area contributed by atoms with Gasteiger partial charge in [-0.15, -0.1) is 0 Å². The Morgan fingerprint density at radius 3 is 2.49 bits per heavy atom. The van der Waals surface area contributed by atoms with Crippen molar-refractivity contribution in [2.75, 3.05) is 33.9 Å². The third-order valence-corrected chi connectivity index (χ3v) is 8.30. The zero-order valence-electron chi connectivity index (χ0n) is 21.7. The number of carbonyl (C=O) groups is 2. The average molecular weight is 561 g/mol. The predicted molar refractivity (Wildman–Crippen MR) is 143 cm³/mol. The van der Waals surface area contributed by atoms with Crippen LogP contribution in [0.2, 0.25) is 0 Å². The van der Waals surface area contributed by atoms with Crippen molar-refractivity contribution >= 4 is 33.8 Å². The van der Waals surface area contributed by atoms with Crippen LogP contribution >= 0.6 is 0 Å². The minimum atomic E-state index is -3.91. The van der Waals surface area contributed by atoms with E-state index in [2.05, 4.69) is 5.16 Å². The van der Waals surface area contributed by atoms with Crippen molar-refractivity contribution in [2.24, 2.45) is 10.9 Å². The van der Waals surface area contributed by atoms with Gasteiger partial charge in [-0.2, -0.15) is 4.31 Å². The first-order chi connectivity index (χ1) is 18.6. The standard InChI is InChI=1S/C26H32N4O8S/c1-37-21-8-9-22(38-2)23(16-21)39(35,36)29-13-10-20(11-14-29)30(24(31)17-25(32)33)12-4-6-18-5-3-7-19(15-18)26(27)28-34/h3-9,15-16,20,34H,10-14,17H2,1-2H3,(H2,27,28)(H,32,33)/b6-4+. The van der Waals surface area contributed by atoms with Crippen molar-refractivity contribution in [1.29, 1.82) is 0 Å². The van der Waals surface area contributed by atoms with Gasteiger partial charge in [-0.05, 0) is 36.6 Å². The molecule has 12 nitrogen and oxygen atoms in total. The molecule has 1 aliphatic rings. The third-order valence-electron chi connectivity index (χ3n) is 6.38. The Kier molecular flexibility index (Phi) is 9.90. The van der Waals surface area contributed by atoms with Crippen molar-refractivity contribution in [2.45, 2.75) is 30.2 Å². The van der Waals surface area contributed by atoms with Gasteiger partial charge in [0.15, 0.2) is 5.84 Å². The molecular weight excluding hydrogens is 528 g/mol. The highest BCUT2D eigenvalue weighted by atomic mass is 32.2. The fraction of sp³-hybridized carbons (Fsp3) is 0.346. The number of hydrogen-bond donors (Lipinski definition) is 3. The number of oxime groups is 1. The number of nitrogens with two attached hydrogens (primary N) is 1. The summed E-state index contributed by atoms with van der Waals surface area (Å²) in [6, 6.07) is 11.1. The van der Waals surface area contributed by atoms with E-state index >= 15 is 0 Å². The highest BCUT2D eigenvalue weighted by molar-refractivity contribution is 7.89. The summed E-state index contributed by atoms with van der Waals surface area (Å²) in [6.07, 6.45) is 3.43. The van der Waals surface area contributed by atoms with Crippen LogP contribution in [-0.4, -0.2) is 85.5 Å². The number of amidine groups is 1. The Morgan fingerprint density at radius 2 is 1.87 bits per heavy atom. The van der Waals surface area contributed by atoms with Gasteiger partial charge in [0.05, 0.1) is 14.2 Å². The summed E-state index contributed by atoms with van der Waals surface area (Å²) in [6.45, 7) is 0.395. The van der Waals surface area contributed by atoms with E-state index in [-0.39, 0.29) is 42.2 Å². The van der Waals surface area contributed by atoms with Crippen LogP contribution in [0.1, 0.15) is 30.4 Å². The second-order valence-electron chi connectivity index (χ2n) is 8.78. The minimum absolute atomic E-state index is 0.0151. The van der Waals surface area contributed by atoms with Gasteiger partial charge in [-0.1, -0.05) is 35.5 Å². The molecule has 39 heavy (non-hydrogen) atoms. The van der Waals surface area contributed by atoms with Gasteiger partial charge >= 0.3 is 5.97 Å². The third kappa shape index (κ3) is 7.27. The smallest absolute Gasteiger partial charge is 0.312 e. The van der Waals surface area contributed by atoms with Crippen LogP contribution in [0.25, 0.3) is 6.08 Å². The highest BCUT2D eigenvalue weighted by Gasteiger charge is 2.35. The summed E-state index contributed by atoms with van der Waals surface area (Å²) in [5.74, 6) is -1.29. The summed E-state index contributed by atoms with van der Waals surface area (Å²) < 4.78 is 38.6. The molecule has 3 rings (SSSR count). The zero-order valence-corrected chi connectivity index (χ0v) is 22.5. The van der Waals surface area contributed by atoms with E-state index in [1.165, 1.54) is 35.6 Å². The molecule has 4 N–H and O–H groups in total. The highest BCUT2D eigenvalue weighted by Crippen LogP contribution is 2.32. The minimum Gasteiger partial charge on any atom is -0.497 e. The summed E-state index contributed by atoms with van der Waals surface area (Å²) in [5.41, 5.74) is 6.89. The van der Waals surface area contributed by atoms with E-state index in [0.29, 0.717) is 24.2 Å². The van der Waals surface area contributed by atoms with Gasteiger partial charge in [-0.25, -0.2) is 8.42 Å². The molecule has 1 fully saturated rings. The lowest BCUT2D eigenvalue weighted by Gasteiger charge is -2.37. The van der Waals surface area contributed by atoms with Gasteiger partial charge in [0, 0.05) is 37.3 Å². The average Bonchev–Trinajstić information content (AvgIpc) is 2.94. The maximum Gasteiger partial charge on any atom is 0.312 e. The molecule has 1 aliphatic heterocycles.